The molecule has 0 aromatic carbocycles. The predicted octanol–water partition coefficient (Wildman–Crippen LogP) is 2.85. The highest BCUT2D eigenvalue weighted by Gasteiger charge is 2.22. The van der Waals surface area contributed by atoms with E-state index < -0.39 is 0 Å². The van der Waals surface area contributed by atoms with Crippen LogP contribution >= 0.6 is 11.3 Å². The fourth-order valence-electron chi connectivity index (χ4n) is 3.71. The number of thiophene rings is 1. The van der Waals surface area contributed by atoms with E-state index in [4.69, 9.17) is 9.57 Å². The van der Waals surface area contributed by atoms with Crippen LogP contribution < -0.4 is 10.8 Å². The molecule has 0 spiro atoms. The molecule has 2 aromatic rings. The molecule has 2 aromatic heterocycles. The van der Waals surface area contributed by atoms with Crippen LogP contribution in [0.4, 0.5) is 5.82 Å². The first-order valence-corrected chi connectivity index (χ1v) is 11.7. The summed E-state index contributed by atoms with van der Waals surface area (Å²) < 4.78 is 5.40. The Bertz CT molecular complexity index is 837. The van der Waals surface area contributed by atoms with Crippen molar-refractivity contribution in [3.8, 4) is 0 Å². The van der Waals surface area contributed by atoms with Crippen molar-refractivity contribution in [3.63, 3.8) is 0 Å². The molecule has 1 unspecified atom stereocenters. The van der Waals surface area contributed by atoms with E-state index in [1.165, 1.54) is 11.0 Å². The zero-order chi connectivity index (χ0) is 21.3. The lowest BCUT2D eigenvalue weighted by Gasteiger charge is -2.21. The Morgan fingerprint density at radius 2 is 2.29 bits per heavy atom. The number of nitrogens with one attached hydrogen (secondary N) is 2. The topological polar surface area (TPSA) is 88.6 Å². The van der Waals surface area contributed by atoms with Gasteiger partial charge in [0, 0.05) is 49.7 Å². The van der Waals surface area contributed by atoms with Gasteiger partial charge < -0.3 is 15.0 Å². The molecule has 2 N–H and O–H groups in total. The number of carbonyl (C=O) groups is 1. The average Bonchev–Trinajstić information content (AvgIpc) is 3.48. The summed E-state index contributed by atoms with van der Waals surface area (Å²) in [6.07, 6.45) is 11.1. The number of anilines is 1. The fraction of sp³-hybridized carbons (Fsp3) is 0.500. The molecular formula is C22H29N5O3S. The maximum absolute atomic E-state index is 11.9. The van der Waals surface area contributed by atoms with Crippen LogP contribution in [-0.2, 0) is 20.8 Å². The van der Waals surface area contributed by atoms with Gasteiger partial charge in [0.05, 0.1) is 18.1 Å². The van der Waals surface area contributed by atoms with Gasteiger partial charge in [0.15, 0.2) is 6.29 Å². The molecule has 2 fully saturated rings. The molecule has 2 atom stereocenters. The molecule has 1 amide bonds. The Kier molecular flexibility index (Phi) is 8.00. The van der Waals surface area contributed by atoms with Crippen LogP contribution in [0.25, 0.3) is 6.08 Å². The molecule has 9 heteroatoms. The van der Waals surface area contributed by atoms with E-state index in [1.807, 2.05) is 11.3 Å². The number of carbonyl (C=O) groups excluding carboxylic acids is 1. The van der Waals surface area contributed by atoms with Gasteiger partial charge in [-0.3, -0.25) is 9.78 Å². The first-order chi connectivity index (χ1) is 15.2. The maximum atomic E-state index is 11.9. The van der Waals surface area contributed by atoms with E-state index >= 15 is 0 Å². The summed E-state index contributed by atoms with van der Waals surface area (Å²) in [5, 5.41) is 5.60. The number of hydroxylamine groups is 1. The second kappa shape index (κ2) is 11.3. The van der Waals surface area contributed by atoms with Crippen LogP contribution in [0.1, 0.15) is 36.3 Å². The third-order valence-electron chi connectivity index (χ3n) is 5.39. The minimum Gasteiger partial charge on any atom is -0.365 e. The fourth-order valence-corrected chi connectivity index (χ4v) is 4.41. The van der Waals surface area contributed by atoms with Crippen LogP contribution in [0.15, 0.2) is 36.0 Å². The molecule has 2 aliphatic heterocycles. The van der Waals surface area contributed by atoms with E-state index in [0.29, 0.717) is 18.3 Å². The van der Waals surface area contributed by atoms with Gasteiger partial charge in [-0.05, 0) is 43.2 Å². The normalized spacial score (nSPS) is 22.1. The molecule has 2 saturated heterocycles. The molecular weight excluding hydrogens is 414 g/mol. The smallest absolute Gasteiger partial charge is 0.267 e. The van der Waals surface area contributed by atoms with E-state index in [1.54, 1.807) is 18.5 Å². The average molecular weight is 444 g/mol. The standard InChI is InChI=1S/C22H29N5O3S/c28-21(26-30-22-5-1-2-12-29-22)7-6-17-14-24-20(15-23-17)25-18-8-10-27(16-18)11-9-19-4-3-13-31-19/h3-4,6-7,13-15,18,22H,1-2,5,8-12,16H2,(H,24,25)(H,26,28)/b7-6+/t18-,22?/m1/s1. The Labute approximate surface area is 186 Å². The van der Waals surface area contributed by atoms with Crippen molar-refractivity contribution in [2.45, 2.75) is 44.4 Å². The summed E-state index contributed by atoms with van der Waals surface area (Å²) in [6, 6.07) is 4.69. The summed E-state index contributed by atoms with van der Waals surface area (Å²) in [4.78, 5) is 29.8. The number of amides is 1. The molecule has 0 bridgehead atoms. The molecule has 0 radical (unpaired) electrons. The zero-order valence-electron chi connectivity index (χ0n) is 17.5. The van der Waals surface area contributed by atoms with Gasteiger partial charge in [-0.2, -0.15) is 0 Å². The zero-order valence-corrected chi connectivity index (χ0v) is 18.4. The van der Waals surface area contributed by atoms with Crippen molar-refractivity contribution in [2.75, 3.05) is 31.6 Å². The summed E-state index contributed by atoms with van der Waals surface area (Å²) >= 11 is 1.82. The monoisotopic (exact) mass is 443 g/mol. The van der Waals surface area contributed by atoms with Gasteiger partial charge in [0.2, 0.25) is 0 Å². The first-order valence-electron chi connectivity index (χ1n) is 10.8. The largest absolute Gasteiger partial charge is 0.365 e. The summed E-state index contributed by atoms with van der Waals surface area (Å²) in [5.74, 6) is 0.399. The Balaban J connectivity index is 1.17. The second-order valence-corrected chi connectivity index (χ2v) is 8.83. The van der Waals surface area contributed by atoms with Gasteiger partial charge in [-0.1, -0.05) is 6.07 Å². The second-order valence-electron chi connectivity index (χ2n) is 7.80. The predicted molar refractivity (Wildman–Crippen MR) is 120 cm³/mol. The number of likely N-dealkylation sites (tertiary alicyclic amines) is 1. The molecule has 166 valence electrons. The Morgan fingerprint density at radius 1 is 1.32 bits per heavy atom. The van der Waals surface area contributed by atoms with Crippen molar-refractivity contribution in [2.24, 2.45) is 0 Å². The molecule has 4 heterocycles. The minimum atomic E-state index is -0.363. The van der Waals surface area contributed by atoms with Gasteiger partial charge in [0.25, 0.3) is 5.91 Å². The van der Waals surface area contributed by atoms with E-state index in [-0.39, 0.29) is 12.2 Å². The highest BCUT2D eigenvalue weighted by Crippen LogP contribution is 2.16. The number of hydrogen-bond acceptors (Lipinski definition) is 8. The van der Waals surface area contributed by atoms with Crippen LogP contribution in [0, 0.1) is 0 Å². The Morgan fingerprint density at radius 3 is 3.06 bits per heavy atom. The lowest BCUT2D eigenvalue weighted by Crippen LogP contribution is -2.32. The van der Waals surface area contributed by atoms with Crippen LogP contribution in [0.3, 0.4) is 0 Å². The van der Waals surface area contributed by atoms with E-state index in [0.717, 1.165) is 57.6 Å². The van der Waals surface area contributed by atoms with Crippen molar-refractivity contribution in [3.05, 3.63) is 46.6 Å². The van der Waals surface area contributed by atoms with Crippen molar-refractivity contribution in [1.82, 2.24) is 20.3 Å². The molecule has 0 saturated carbocycles. The van der Waals surface area contributed by atoms with Crippen molar-refractivity contribution in [1.29, 1.82) is 0 Å². The number of hydrogen-bond donors (Lipinski definition) is 2. The van der Waals surface area contributed by atoms with Gasteiger partial charge in [-0.15, -0.1) is 11.3 Å². The SMILES string of the molecule is O=C(/C=C/c1cnc(N[C@@H]2CCN(CCc3cccs3)C2)cn1)NOC1CCCCO1. The highest BCUT2D eigenvalue weighted by atomic mass is 32.1. The lowest BCUT2D eigenvalue weighted by molar-refractivity contribution is -0.198. The highest BCUT2D eigenvalue weighted by molar-refractivity contribution is 7.09. The summed E-state index contributed by atoms with van der Waals surface area (Å²) in [6.45, 7) is 3.87. The summed E-state index contributed by atoms with van der Waals surface area (Å²) in [5.41, 5.74) is 3.00. The number of rotatable bonds is 9. The third-order valence-corrected chi connectivity index (χ3v) is 6.32. The molecule has 8 nitrogen and oxygen atoms in total. The van der Waals surface area contributed by atoms with Crippen LogP contribution in [0.2, 0.25) is 0 Å². The maximum Gasteiger partial charge on any atom is 0.267 e. The number of nitrogens with zero attached hydrogens (tertiary/aromatic N) is 3. The van der Waals surface area contributed by atoms with Gasteiger partial charge in [0.1, 0.15) is 5.82 Å². The Hall–Kier alpha value is -2.33. The minimum absolute atomic E-state index is 0.355. The third kappa shape index (κ3) is 7.10. The number of aromatic nitrogens is 2. The van der Waals surface area contributed by atoms with Gasteiger partial charge in [-0.25, -0.2) is 15.3 Å². The van der Waals surface area contributed by atoms with Crippen molar-refractivity contribution >= 4 is 29.1 Å². The summed E-state index contributed by atoms with van der Waals surface area (Å²) in [7, 11) is 0. The molecule has 0 aliphatic carbocycles. The molecule has 31 heavy (non-hydrogen) atoms. The quantitative estimate of drug-likeness (QED) is 0.455. The van der Waals surface area contributed by atoms with Crippen LogP contribution in [-0.4, -0.2) is 59.3 Å². The lowest BCUT2D eigenvalue weighted by atomic mass is 10.2. The number of ether oxygens (including phenoxy) is 1. The van der Waals surface area contributed by atoms with Gasteiger partial charge >= 0.3 is 0 Å². The van der Waals surface area contributed by atoms with Crippen LogP contribution in [0.5, 0.6) is 0 Å². The van der Waals surface area contributed by atoms with E-state index in [2.05, 4.69) is 43.2 Å². The molecule has 4 rings (SSSR count). The van der Waals surface area contributed by atoms with E-state index in [9.17, 15) is 4.79 Å². The first kappa shape index (κ1) is 21.9. The van der Waals surface area contributed by atoms with Crippen molar-refractivity contribution < 1.29 is 14.4 Å². The molecule has 2 aliphatic rings.